The lowest BCUT2D eigenvalue weighted by Gasteiger charge is -2.12. The first-order valence-corrected chi connectivity index (χ1v) is 7.06. The molecule has 0 fully saturated rings. The molecule has 1 aromatic carbocycles. The lowest BCUT2D eigenvalue weighted by molar-refractivity contribution is 0.271. The molecule has 2 rings (SSSR count). The van der Waals surface area contributed by atoms with Gasteiger partial charge in [-0.05, 0) is 25.1 Å². The van der Waals surface area contributed by atoms with Gasteiger partial charge in [-0.2, -0.15) is 0 Å². The van der Waals surface area contributed by atoms with Crippen LogP contribution in [-0.2, 0) is 6.61 Å². The molecule has 0 spiro atoms. The normalized spacial score (nSPS) is 10.2. The number of thiazole rings is 1. The van der Waals surface area contributed by atoms with Gasteiger partial charge >= 0.3 is 0 Å². The van der Waals surface area contributed by atoms with Crippen molar-refractivity contribution in [3.8, 4) is 11.5 Å². The van der Waals surface area contributed by atoms with Crippen LogP contribution in [0.4, 0.5) is 0 Å². The molecule has 0 unspecified atom stereocenters. The molecule has 0 saturated heterocycles. The van der Waals surface area contributed by atoms with E-state index in [0.29, 0.717) is 29.7 Å². The summed E-state index contributed by atoms with van der Waals surface area (Å²) in [4.78, 5) is 5.40. The predicted molar refractivity (Wildman–Crippen MR) is 79.9 cm³/mol. The number of aromatic nitrogens is 1. The van der Waals surface area contributed by atoms with E-state index >= 15 is 0 Å². The summed E-state index contributed by atoms with van der Waals surface area (Å²) in [7, 11) is 0. The Morgan fingerprint density at radius 2 is 2.21 bits per heavy atom. The summed E-state index contributed by atoms with van der Waals surface area (Å²) < 4.78 is 11.3. The average Bonchev–Trinajstić information content (AvgIpc) is 2.90. The topological polar surface area (TPSA) is 57.4 Å². The van der Waals surface area contributed by atoms with Crippen molar-refractivity contribution in [3.63, 3.8) is 0 Å². The fourth-order valence-corrected chi connectivity index (χ4v) is 2.14. The second-order valence-corrected chi connectivity index (χ2v) is 5.13. The van der Waals surface area contributed by atoms with Crippen LogP contribution in [0.3, 0.4) is 0 Å². The number of thiocarbonyl (C=S) groups is 1. The SMILES string of the molecule is CCOc1cc(C(N)=S)ccc1OCc1cncs1. The third-order valence-electron chi connectivity index (χ3n) is 2.38. The number of benzene rings is 1. The molecule has 0 bridgehead atoms. The van der Waals surface area contributed by atoms with E-state index in [-0.39, 0.29) is 0 Å². The van der Waals surface area contributed by atoms with Crippen molar-refractivity contribution in [2.45, 2.75) is 13.5 Å². The van der Waals surface area contributed by atoms with E-state index in [4.69, 9.17) is 27.4 Å². The minimum absolute atomic E-state index is 0.343. The van der Waals surface area contributed by atoms with E-state index in [2.05, 4.69) is 4.98 Å². The first kappa shape index (κ1) is 13.8. The maximum atomic E-state index is 5.73. The van der Waals surface area contributed by atoms with E-state index in [1.165, 1.54) is 0 Å². The van der Waals surface area contributed by atoms with Gasteiger partial charge in [0.05, 0.1) is 17.0 Å². The summed E-state index contributed by atoms with van der Waals surface area (Å²) in [5.41, 5.74) is 8.15. The lowest BCUT2D eigenvalue weighted by atomic mass is 10.2. The number of nitrogens with two attached hydrogens (primary N) is 1. The molecule has 0 atom stereocenters. The molecule has 4 nitrogen and oxygen atoms in total. The Hall–Kier alpha value is -1.66. The zero-order valence-electron chi connectivity index (χ0n) is 10.5. The summed E-state index contributed by atoms with van der Waals surface area (Å²) in [5.74, 6) is 1.33. The number of hydrogen-bond donors (Lipinski definition) is 1. The first-order chi connectivity index (χ1) is 9.20. The maximum Gasteiger partial charge on any atom is 0.161 e. The van der Waals surface area contributed by atoms with Crippen molar-refractivity contribution in [2.75, 3.05) is 6.61 Å². The molecule has 0 aliphatic carbocycles. The van der Waals surface area contributed by atoms with Crippen LogP contribution in [0.5, 0.6) is 11.5 Å². The minimum Gasteiger partial charge on any atom is -0.490 e. The molecule has 0 amide bonds. The zero-order valence-corrected chi connectivity index (χ0v) is 12.1. The Kier molecular flexibility index (Phi) is 4.70. The Bertz CT molecular complexity index is 556. The van der Waals surface area contributed by atoms with Gasteiger partial charge in [0.1, 0.15) is 11.6 Å². The van der Waals surface area contributed by atoms with E-state index in [9.17, 15) is 0 Å². The molecule has 0 aliphatic heterocycles. The van der Waals surface area contributed by atoms with Gasteiger partial charge in [-0.25, -0.2) is 0 Å². The molecule has 1 aromatic heterocycles. The predicted octanol–water partition coefficient (Wildman–Crippen LogP) is 2.76. The van der Waals surface area contributed by atoms with Crippen molar-refractivity contribution < 1.29 is 9.47 Å². The number of rotatable bonds is 6. The fourth-order valence-electron chi connectivity index (χ4n) is 1.51. The largest absolute Gasteiger partial charge is 0.490 e. The van der Waals surface area contributed by atoms with Gasteiger partial charge < -0.3 is 15.2 Å². The van der Waals surface area contributed by atoms with Gasteiger partial charge in [0.15, 0.2) is 11.5 Å². The molecule has 6 heteroatoms. The maximum absolute atomic E-state index is 5.73. The van der Waals surface area contributed by atoms with Crippen LogP contribution in [0.25, 0.3) is 0 Å². The van der Waals surface area contributed by atoms with Crippen LogP contribution in [-0.4, -0.2) is 16.6 Å². The highest BCUT2D eigenvalue weighted by molar-refractivity contribution is 7.80. The Labute approximate surface area is 121 Å². The molecule has 0 saturated carbocycles. The molecule has 1 heterocycles. The molecule has 0 radical (unpaired) electrons. The van der Waals surface area contributed by atoms with Gasteiger partial charge in [0, 0.05) is 11.8 Å². The highest BCUT2D eigenvalue weighted by atomic mass is 32.1. The molecule has 0 aliphatic rings. The third kappa shape index (κ3) is 3.65. The van der Waals surface area contributed by atoms with Crippen molar-refractivity contribution in [3.05, 3.63) is 40.3 Å². The molecule has 19 heavy (non-hydrogen) atoms. The van der Waals surface area contributed by atoms with Gasteiger partial charge in [0.2, 0.25) is 0 Å². The summed E-state index contributed by atoms with van der Waals surface area (Å²) >= 11 is 6.51. The fraction of sp³-hybridized carbons (Fsp3) is 0.231. The monoisotopic (exact) mass is 294 g/mol. The highest BCUT2D eigenvalue weighted by Gasteiger charge is 2.08. The van der Waals surface area contributed by atoms with E-state index in [0.717, 1.165) is 10.4 Å². The van der Waals surface area contributed by atoms with Gasteiger partial charge in [0.25, 0.3) is 0 Å². The summed E-state index contributed by atoms with van der Waals surface area (Å²) in [6, 6.07) is 5.45. The Morgan fingerprint density at radius 3 is 2.84 bits per heavy atom. The quantitative estimate of drug-likeness (QED) is 0.830. The first-order valence-electron chi connectivity index (χ1n) is 5.77. The second-order valence-electron chi connectivity index (χ2n) is 3.72. The standard InChI is InChI=1S/C13H14N2O2S2/c1-2-16-12-5-9(13(14)18)3-4-11(12)17-7-10-6-15-8-19-10/h3-6,8H,2,7H2,1H3,(H2,14,18). The van der Waals surface area contributed by atoms with Crippen molar-refractivity contribution in [1.29, 1.82) is 0 Å². The third-order valence-corrected chi connectivity index (χ3v) is 3.37. The van der Waals surface area contributed by atoms with Gasteiger partial charge in [-0.3, -0.25) is 4.98 Å². The summed E-state index contributed by atoms with van der Waals surface area (Å²) in [6.45, 7) is 2.94. The van der Waals surface area contributed by atoms with Crippen LogP contribution in [0, 0.1) is 0 Å². The molecule has 100 valence electrons. The molecular weight excluding hydrogens is 280 g/mol. The van der Waals surface area contributed by atoms with Crippen molar-refractivity contribution in [1.82, 2.24) is 4.98 Å². The number of hydrogen-bond acceptors (Lipinski definition) is 5. The minimum atomic E-state index is 0.343. The van der Waals surface area contributed by atoms with E-state index in [1.807, 2.05) is 19.1 Å². The molecule has 2 N–H and O–H groups in total. The lowest BCUT2D eigenvalue weighted by Crippen LogP contribution is -2.10. The average molecular weight is 294 g/mol. The van der Waals surface area contributed by atoms with Crippen LogP contribution in [0.15, 0.2) is 29.9 Å². The molecular formula is C13H14N2O2S2. The number of ether oxygens (including phenoxy) is 2. The summed E-state index contributed by atoms with van der Waals surface area (Å²) in [6.07, 6.45) is 1.79. The van der Waals surface area contributed by atoms with Crippen LogP contribution in [0.2, 0.25) is 0 Å². The van der Waals surface area contributed by atoms with Gasteiger partial charge in [-0.15, -0.1) is 11.3 Å². The van der Waals surface area contributed by atoms with Crippen LogP contribution in [0.1, 0.15) is 17.4 Å². The Morgan fingerprint density at radius 1 is 1.37 bits per heavy atom. The number of nitrogens with zero attached hydrogens (tertiary/aromatic N) is 1. The van der Waals surface area contributed by atoms with E-state index < -0.39 is 0 Å². The second kappa shape index (κ2) is 6.49. The Balaban J connectivity index is 2.16. The highest BCUT2D eigenvalue weighted by Crippen LogP contribution is 2.29. The zero-order chi connectivity index (χ0) is 13.7. The smallest absolute Gasteiger partial charge is 0.161 e. The molecule has 2 aromatic rings. The summed E-state index contributed by atoms with van der Waals surface area (Å²) in [5, 5.41) is 0. The van der Waals surface area contributed by atoms with E-state index in [1.54, 1.807) is 29.1 Å². The van der Waals surface area contributed by atoms with Crippen LogP contribution >= 0.6 is 23.6 Å². The van der Waals surface area contributed by atoms with Crippen LogP contribution < -0.4 is 15.2 Å². The van der Waals surface area contributed by atoms with Gasteiger partial charge in [-0.1, -0.05) is 12.2 Å². The van der Waals surface area contributed by atoms with Crippen molar-refractivity contribution >= 4 is 28.5 Å². The van der Waals surface area contributed by atoms with Crippen molar-refractivity contribution in [2.24, 2.45) is 5.73 Å².